The van der Waals surface area contributed by atoms with E-state index in [-0.39, 0.29) is 6.04 Å². The summed E-state index contributed by atoms with van der Waals surface area (Å²) in [4.78, 5) is 16.5. The monoisotopic (exact) mass is 496 g/mol. The maximum absolute atomic E-state index is 12.0. The van der Waals surface area contributed by atoms with E-state index in [0.717, 1.165) is 33.7 Å². The van der Waals surface area contributed by atoms with Crippen LogP contribution < -0.4 is 19.5 Å². The molecular weight excluding hydrogens is 472 g/mol. The minimum atomic E-state index is -0.473. The fourth-order valence-electron chi connectivity index (χ4n) is 4.95. The Morgan fingerprint density at radius 1 is 0.946 bits per heavy atom. The summed E-state index contributed by atoms with van der Waals surface area (Å²) >= 11 is 0. The second kappa shape index (κ2) is 9.02. The lowest BCUT2D eigenvalue weighted by atomic mass is 9.84. The Labute approximate surface area is 213 Å². The lowest BCUT2D eigenvalue weighted by Crippen LogP contribution is -2.32. The van der Waals surface area contributed by atoms with Gasteiger partial charge in [0.25, 0.3) is 0 Å². The van der Waals surface area contributed by atoms with E-state index in [1.807, 2.05) is 59.3 Å². The number of benzene rings is 3. The number of nitrogens with one attached hydrogen (secondary N) is 1. The number of para-hydroxylation sites is 1. The van der Waals surface area contributed by atoms with Crippen LogP contribution in [0.5, 0.6) is 17.2 Å². The summed E-state index contributed by atoms with van der Waals surface area (Å²) in [6.07, 6.45) is 1.06. The van der Waals surface area contributed by atoms with Crippen molar-refractivity contribution in [2.24, 2.45) is 0 Å². The summed E-state index contributed by atoms with van der Waals surface area (Å²) in [5.41, 5.74) is 5.06. The molecule has 9 heteroatoms. The number of esters is 1. The molecule has 0 aliphatic carbocycles. The fraction of sp³-hybridized carbons (Fsp3) is 0.179. The predicted octanol–water partition coefficient (Wildman–Crippen LogP) is 4.64. The number of anilines is 1. The third-order valence-electron chi connectivity index (χ3n) is 6.68. The van der Waals surface area contributed by atoms with Gasteiger partial charge in [0.05, 0.1) is 32.6 Å². The molecule has 0 fully saturated rings. The second-order valence-corrected chi connectivity index (χ2v) is 8.61. The molecule has 186 valence electrons. The number of ether oxygens (including phenoxy) is 4. The standard InChI is InChI=1S/C28H24N4O5/c1-34-21-13-12-18(14-22(21)35-2)25-23-24(31-28-29-15-30-32(25)28)19-6-4-5-7-20(19)37-26(23)16-8-10-17(11-9-16)27(33)36-3/h4-15,25-26H,1-3H3,(H,29,30,31)/t25-,26-/m1/s1. The molecule has 2 atom stereocenters. The smallest absolute Gasteiger partial charge is 0.337 e. The summed E-state index contributed by atoms with van der Waals surface area (Å²) in [5.74, 6) is 2.22. The first-order chi connectivity index (χ1) is 18.1. The van der Waals surface area contributed by atoms with Crippen molar-refractivity contribution in [3.63, 3.8) is 0 Å². The number of aromatic nitrogens is 3. The lowest BCUT2D eigenvalue weighted by Gasteiger charge is -2.39. The van der Waals surface area contributed by atoms with Crippen LogP contribution >= 0.6 is 0 Å². The van der Waals surface area contributed by atoms with E-state index in [2.05, 4.69) is 15.4 Å². The molecule has 2 aliphatic rings. The summed E-state index contributed by atoms with van der Waals surface area (Å²) in [6, 6.07) is 20.6. The SMILES string of the molecule is COC(=O)c1ccc([C@H]2Oc3ccccc3C3=C2[C@@H](c2ccc(OC)c(OC)c2)n2ncnc2N3)cc1. The van der Waals surface area contributed by atoms with Gasteiger partial charge < -0.3 is 24.3 Å². The molecular formula is C28H24N4O5. The van der Waals surface area contributed by atoms with Crippen molar-refractivity contribution >= 4 is 17.6 Å². The Morgan fingerprint density at radius 2 is 1.70 bits per heavy atom. The Morgan fingerprint density at radius 3 is 2.46 bits per heavy atom. The van der Waals surface area contributed by atoms with Crippen LogP contribution in [0.15, 0.2) is 78.6 Å². The third kappa shape index (κ3) is 3.67. The van der Waals surface area contributed by atoms with Gasteiger partial charge in [0, 0.05) is 11.1 Å². The van der Waals surface area contributed by atoms with E-state index in [1.54, 1.807) is 26.4 Å². The quantitative estimate of drug-likeness (QED) is 0.399. The third-order valence-corrected chi connectivity index (χ3v) is 6.68. The maximum atomic E-state index is 12.0. The number of carbonyl (C=O) groups excluding carboxylic acids is 1. The molecule has 6 rings (SSSR count). The topological polar surface area (TPSA) is 96.7 Å². The molecule has 1 aromatic heterocycles. The Hall–Kier alpha value is -4.79. The number of hydrogen-bond donors (Lipinski definition) is 1. The largest absolute Gasteiger partial charge is 0.493 e. The summed E-state index contributed by atoms with van der Waals surface area (Å²) in [5, 5.41) is 8.04. The van der Waals surface area contributed by atoms with E-state index < -0.39 is 12.1 Å². The van der Waals surface area contributed by atoms with Crippen LogP contribution in [0.1, 0.15) is 39.2 Å². The summed E-state index contributed by atoms with van der Waals surface area (Å²) in [6.45, 7) is 0. The molecule has 3 aromatic carbocycles. The van der Waals surface area contributed by atoms with E-state index in [9.17, 15) is 4.79 Å². The first-order valence-corrected chi connectivity index (χ1v) is 11.7. The normalized spacial score (nSPS) is 17.5. The van der Waals surface area contributed by atoms with Crippen molar-refractivity contribution in [3.8, 4) is 17.2 Å². The van der Waals surface area contributed by atoms with Crippen molar-refractivity contribution in [1.82, 2.24) is 14.8 Å². The van der Waals surface area contributed by atoms with Crippen LogP contribution in [0, 0.1) is 0 Å². The number of nitrogens with zero attached hydrogens (tertiary/aromatic N) is 3. The molecule has 0 unspecified atom stereocenters. The van der Waals surface area contributed by atoms with E-state index in [4.69, 9.17) is 18.9 Å². The number of carbonyl (C=O) groups is 1. The van der Waals surface area contributed by atoms with Gasteiger partial charge in [-0.2, -0.15) is 10.1 Å². The molecule has 4 aromatic rings. The highest BCUT2D eigenvalue weighted by Gasteiger charge is 2.41. The highest BCUT2D eigenvalue weighted by molar-refractivity contribution is 5.89. The van der Waals surface area contributed by atoms with Crippen LogP contribution in [-0.4, -0.2) is 42.1 Å². The van der Waals surface area contributed by atoms with Gasteiger partial charge in [0.2, 0.25) is 5.95 Å². The average Bonchev–Trinajstić information content (AvgIpc) is 3.43. The van der Waals surface area contributed by atoms with Crippen LogP contribution in [0.2, 0.25) is 0 Å². The first kappa shape index (κ1) is 22.7. The zero-order valence-corrected chi connectivity index (χ0v) is 20.5. The summed E-state index contributed by atoms with van der Waals surface area (Å²) in [7, 11) is 4.59. The van der Waals surface area contributed by atoms with Crippen LogP contribution in [0.4, 0.5) is 5.95 Å². The Balaban J connectivity index is 1.56. The van der Waals surface area contributed by atoms with Gasteiger partial charge in [-0.25, -0.2) is 9.48 Å². The molecule has 3 heterocycles. The molecule has 0 spiro atoms. The van der Waals surface area contributed by atoms with Crippen molar-refractivity contribution in [2.45, 2.75) is 12.1 Å². The number of methoxy groups -OCH3 is 3. The molecule has 1 N–H and O–H groups in total. The van der Waals surface area contributed by atoms with Crippen molar-refractivity contribution in [2.75, 3.05) is 26.6 Å². The maximum Gasteiger partial charge on any atom is 0.337 e. The van der Waals surface area contributed by atoms with E-state index in [1.165, 1.54) is 13.4 Å². The number of rotatable bonds is 5. The van der Waals surface area contributed by atoms with Gasteiger partial charge in [-0.3, -0.25) is 0 Å². The van der Waals surface area contributed by atoms with Gasteiger partial charge >= 0.3 is 5.97 Å². The highest BCUT2D eigenvalue weighted by Crippen LogP contribution is 2.51. The molecule has 0 amide bonds. The van der Waals surface area contributed by atoms with Gasteiger partial charge in [0.1, 0.15) is 24.2 Å². The van der Waals surface area contributed by atoms with E-state index in [0.29, 0.717) is 23.0 Å². The van der Waals surface area contributed by atoms with E-state index >= 15 is 0 Å². The lowest BCUT2D eigenvalue weighted by molar-refractivity contribution is 0.0600. The molecule has 9 nitrogen and oxygen atoms in total. The molecule has 0 saturated heterocycles. The highest BCUT2D eigenvalue weighted by atomic mass is 16.5. The molecule has 0 bridgehead atoms. The number of hydrogen-bond acceptors (Lipinski definition) is 8. The van der Waals surface area contributed by atoms with Crippen LogP contribution in [0.25, 0.3) is 5.70 Å². The van der Waals surface area contributed by atoms with Gasteiger partial charge in [-0.1, -0.05) is 30.3 Å². The van der Waals surface area contributed by atoms with Gasteiger partial charge in [0.15, 0.2) is 11.5 Å². The minimum absolute atomic E-state index is 0.354. The predicted molar refractivity (Wildman–Crippen MR) is 136 cm³/mol. The van der Waals surface area contributed by atoms with Crippen LogP contribution in [-0.2, 0) is 4.74 Å². The van der Waals surface area contributed by atoms with Crippen molar-refractivity contribution in [3.05, 3.63) is 101 Å². The van der Waals surface area contributed by atoms with Crippen molar-refractivity contribution in [1.29, 1.82) is 0 Å². The first-order valence-electron chi connectivity index (χ1n) is 11.7. The fourth-order valence-corrected chi connectivity index (χ4v) is 4.95. The molecule has 0 saturated carbocycles. The molecule has 0 radical (unpaired) electrons. The zero-order chi connectivity index (χ0) is 25.5. The average molecular weight is 497 g/mol. The number of fused-ring (bicyclic) bond motifs is 3. The zero-order valence-electron chi connectivity index (χ0n) is 20.5. The van der Waals surface area contributed by atoms with Gasteiger partial charge in [-0.15, -0.1) is 0 Å². The Kier molecular flexibility index (Phi) is 5.52. The van der Waals surface area contributed by atoms with Crippen molar-refractivity contribution < 1.29 is 23.7 Å². The minimum Gasteiger partial charge on any atom is -0.493 e. The second-order valence-electron chi connectivity index (χ2n) is 8.61. The molecule has 2 aliphatic heterocycles. The summed E-state index contributed by atoms with van der Waals surface area (Å²) < 4.78 is 24.4. The molecule has 37 heavy (non-hydrogen) atoms. The van der Waals surface area contributed by atoms with Gasteiger partial charge in [-0.05, 0) is 47.5 Å². The van der Waals surface area contributed by atoms with Crippen LogP contribution in [0.3, 0.4) is 0 Å². The Bertz CT molecular complexity index is 1530.